The molecule has 0 fully saturated rings. The van der Waals surface area contributed by atoms with Crippen molar-refractivity contribution in [3.8, 4) is 0 Å². The maximum atomic E-state index is 6.73. The zero-order valence-corrected chi connectivity index (χ0v) is 15.1. The van der Waals surface area contributed by atoms with Crippen LogP contribution in [0.15, 0.2) is 52.3 Å². The van der Waals surface area contributed by atoms with Gasteiger partial charge in [-0.2, -0.15) is 0 Å². The zero-order chi connectivity index (χ0) is 15.0. The van der Waals surface area contributed by atoms with E-state index in [-0.39, 0.29) is 5.38 Å². The van der Waals surface area contributed by atoms with Crippen molar-refractivity contribution >= 4 is 49.0 Å². The van der Waals surface area contributed by atoms with E-state index < -0.39 is 0 Å². The van der Waals surface area contributed by atoms with Gasteiger partial charge in [0.1, 0.15) is 0 Å². The van der Waals surface area contributed by atoms with Crippen LogP contribution >= 0.6 is 38.9 Å². The Morgan fingerprint density at radius 2 is 1.67 bits per heavy atom. The van der Waals surface area contributed by atoms with E-state index in [2.05, 4.69) is 77.6 Å². The van der Waals surface area contributed by atoms with E-state index in [0.29, 0.717) is 5.92 Å². The summed E-state index contributed by atoms with van der Waals surface area (Å²) in [5.74, 6) is 0.547. The number of hydrogen-bond donors (Lipinski definition) is 0. The van der Waals surface area contributed by atoms with E-state index in [9.17, 15) is 0 Å². The molecule has 1 aromatic heterocycles. The molecule has 1 atom stereocenters. The smallest absolute Gasteiger partial charge is 0.0849 e. The zero-order valence-electron chi connectivity index (χ0n) is 11.9. The van der Waals surface area contributed by atoms with Crippen molar-refractivity contribution in [3.63, 3.8) is 0 Å². The molecular weight excluding hydrogens is 364 g/mol. The molecule has 0 spiro atoms. The molecule has 0 bridgehead atoms. The predicted molar refractivity (Wildman–Crippen MR) is 97.8 cm³/mol. The first kappa shape index (κ1) is 15.1. The minimum atomic E-state index is -0.103. The Balaban J connectivity index is 2.00. The summed E-state index contributed by atoms with van der Waals surface area (Å²) in [7, 11) is 0. The normalized spacial score (nSPS) is 13.0. The Morgan fingerprint density at radius 3 is 2.33 bits per heavy atom. The average molecular weight is 380 g/mol. The van der Waals surface area contributed by atoms with Crippen molar-refractivity contribution in [1.82, 2.24) is 0 Å². The van der Waals surface area contributed by atoms with Gasteiger partial charge in [-0.05, 0) is 55.4 Å². The number of rotatable bonds is 3. The minimum Gasteiger partial charge on any atom is -0.142 e. The molecule has 0 saturated heterocycles. The van der Waals surface area contributed by atoms with Crippen molar-refractivity contribution in [3.05, 3.63) is 69.0 Å². The molecule has 0 amide bonds. The quantitative estimate of drug-likeness (QED) is 0.425. The second kappa shape index (κ2) is 6.12. The molecule has 21 heavy (non-hydrogen) atoms. The van der Waals surface area contributed by atoms with Gasteiger partial charge in [-0.1, -0.05) is 50.2 Å². The van der Waals surface area contributed by atoms with E-state index in [4.69, 9.17) is 11.6 Å². The standard InChI is InChI=1S/C18H16BrClS/c1-11(2)12-6-8-13(9-7-12)17(20)15-10-21-18-14(15)4-3-5-16(18)19/h3-11,17H,1-2H3. The van der Waals surface area contributed by atoms with Crippen LogP contribution in [0.25, 0.3) is 10.1 Å². The molecule has 0 aliphatic rings. The molecule has 3 aromatic rings. The van der Waals surface area contributed by atoms with Crippen molar-refractivity contribution < 1.29 is 0 Å². The van der Waals surface area contributed by atoms with Gasteiger partial charge in [-0.3, -0.25) is 0 Å². The summed E-state index contributed by atoms with van der Waals surface area (Å²) in [6.07, 6.45) is 0. The van der Waals surface area contributed by atoms with E-state index in [1.807, 2.05) is 0 Å². The van der Waals surface area contributed by atoms with Gasteiger partial charge >= 0.3 is 0 Å². The summed E-state index contributed by atoms with van der Waals surface area (Å²) < 4.78 is 2.40. The lowest BCUT2D eigenvalue weighted by Gasteiger charge is -2.12. The molecule has 0 aliphatic carbocycles. The Bertz CT molecular complexity index is 758. The van der Waals surface area contributed by atoms with Crippen molar-refractivity contribution in [2.45, 2.75) is 25.1 Å². The molecule has 108 valence electrons. The van der Waals surface area contributed by atoms with Crippen LogP contribution in [0, 0.1) is 0 Å². The number of benzene rings is 2. The van der Waals surface area contributed by atoms with Gasteiger partial charge in [0.2, 0.25) is 0 Å². The molecule has 0 saturated carbocycles. The fourth-order valence-corrected chi connectivity index (χ4v) is 4.52. The highest BCUT2D eigenvalue weighted by atomic mass is 79.9. The van der Waals surface area contributed by atoms with Gasteiger partial charge in [-0.15, -0.1) is 22.9 Å². The first-order valence-corrected chi connectivity index (χ1v) is 9.08. The van der Waals surface area contributed by atoms with Crippen molar-refractivity contribution in [1.29, 1.82) is 0 Å². The minimum absolute atomic E-state index is 0.103. The summed E-state index contributed by atoms with van der Waals surface area (Å²) in [5, 5.41) is 3.31. The van der Waals surface area contributed by atoms with Crippen LogP contribution < -0.4 is 0 Å². The maximum absolute atomic E-state index is 6.73. The van der Waals surface area contributed by atoms with E-state index >= 15 is 0 Å². The van der Waals surface area contributed by atoms with Crippen LogP contribution in [0.4, 0.5) is 0 Å². The molecule has 0 nitrogen and oxygen atoms in total. The van der Waals surface area contributed by atoms with Gasteiger partial charge in [0.05, 0.1) is 5.38 Å². The summed E-state index contributed by atoms with van der Waals surface area (Å²) in [4.78, 5) is 0. The van der Waals surface area contributed by atoms with Gasteiger partial charge < -0.3 is 0 Å². The van der Waals surface area contributed by atoms with Crippen LogP contribution in [0.5, 0.6) is 0 Å². The van der Waals surface area contributed by atoms with Gasteiger partial charge in [0.15, 0.2) is 0 Å². The lowest BCUT2D eigenvalue weighted by molar-refractivity contribution is 0.865. The number of hydrogen-bond acceptors (Lipinski definition) is 1. The maximum Gasteiger partial charge on any atom is 0.0849 e. The number of fused-ring (bicyclic) bond motifs is 1. The Kier molecular flexibility index (Phi) is 4.39. The lowest BCUT2D eigenvalue weighted by atomic mass is 9.98. The molecule has 3 heteroatoms. The monoisotopic (exact) mass is 378 g/mol. The Morgan fingerprint density at radius 1 is 1.00 bits per heavy atom. The van der Waals surface area contributed by atoms with Crippen LogP contribution in [0.2, 0.25) is 0 Å². The van der Waals surface area contributed by atoms with Gasteiger partial charge in [0, 0.05) is 9.17 Å². The third-order valence-corrected chi connectivity index (χ3v) is 6.21. The van der Waals surface area contributed by atoms with Crippen molar-refractivity contribution in [2.24, 2.45) is 0 Å². The van der Waals surface area contributed by atoms with E-state index in [1.165, 1.54) is 21.2 Å². The molecule has 0 aliphatic heterocycles. The average Bonchev–Trinajstić information content (AvgIpc) is 2.92. The Labute approximate surface area is 142 Å². The third kappa shape index (κ3) is 2.90. The molecule has 1 heterocycles. The van der Waals surface area contributed by atoms with Crippen molar-refractivity contribution in [2.75, 3.05) is 0 Å². The number of thiophene rings is 1. The van der Waals surface area contributed by atoms with Crippen LogP contribution in [-0.4, -0.2) is 0 Å². The molecule has 3 rings (SSSR count). The highest BCUT2D eigenvalue weighted by Gasteiger charge is 2.16. The van der Waals surface area contributed by atoms with E-state index in [1.54, 1.807) is 11.3 Å². The first-order valence-electron chi connectivity index (χ1n) is 6.97. The molecule has 0 radical (unpaired) electrons. The highest BCUT2D eigenvalue weighted by molar-refractivity contribution is 9.10. The fourth-order valence-electron chi connectivity index (χ4n) is 2.47. The molecular formula is C18H16BrClS. The third-order valence-electron chi connectivity index (χ3n) is 3.75. The summed E-state index contributed by atoms with van der Waals surface area (Å²) >= 11 is 12.1. The largest absolute Gasteiger partial charge is 0.142 e. The van der Waals surface area contributed by atoms with Crippen LogP contribution in [-0.2, 0) is 0 Å². The summed E-state index contributed by atoms with van der Waals surface area (Å²) in [6, 6.07) is 14.9. The van der Waals surface area contributed by atoms with Gasteiger partial charge in [0.25, 0.3) is 0 Å². The summed E-state index contributed by atoms with van der Waals surface area (Å²) in [5.41, 5.74) is 3.69. The topological polar surface area (TPSA) is 0 Å². The molecule has 0 N–H and O–H groups in total. The molecule has 2 aromatic carbocycles. The van der Waals surface area contributed by atoms with Crippen LogP contribution in [0.3, 0.4) is 0 Å². The lowest BCUT2D eigenvalue weighted by Crippen LogP contribution is -1.94. The number of halogens is 2. The summed E-state index contributed by atoms with van der Waals surface area (Å²) in [6.45, 7) is 4.41. The second-order valence-electron chi connectivity index (χ2n) is 5.49. The Hall–Kier alpha value is -0.830. The first-order chi connectivity index (χ1) is 10.1. The fraction of sp³-hybridized carbons (Fsp3) is 0.222. The van der Waals surface area contributed by atoms with Gasteiger partial charge in [-0.25, -0.2) is 0 Å². The SMILES string of the molecule is CC(C)c1ccc(C(Cl)c2csc3c(Br)cccc23)cc1. The van der Waals surface area contributed by atoms with E-state index in [0.717, 1.165) is 10.0 Å². The number of alkyl halides is 1. The van der Waals surface area contributed by atoms with Crippen LogP contribution in [0.1, 0.15) is 41.8 Å². The highest BCUT2D eigenvalue weighted by Crippen LogP contribution is 2.40. The second-order valence-corrected chi connectivity index (χ2v) is 7.66. The predicted octanol–water partition coefficient (Wildman–Crippen LogP) is 7.12. The molecule has 1 unspecified atom stereocenters.